The van der Waals surface area contributed by atoms with Gasteiger partial charge >= 0.3 is 18.1 Å². The van der Waals surface area contributed by atoms with Crippen LogP contribution in [0, 0.1) is 5.92 Å². The number of amides is 1. The first-order valence-electron chi connectivity index (χ1n) is 19.9. The Morgan fingerprint density at radius 3 is 1.92 bits per heavy atom. The zero-order valence-corrected chi connectivity index (χ0v) is 34.9. The summed E-state index contributed by atoms with van der Waals surface area (Å²) in [6.45, 7) is 9.14. The molecule has 5 aromatic carbocycles. The minimum absolute atomic E-state index is 0.0177. The monoisotopic (exact) mass is 849 g/mol. The zero-order chi connectivity index (χ0) is 43.8. The van der Waals surface area contributed by atoms with E-state index in [1.165, 1.54) is 29.2 Å². The van der Waals surface area contributed by atoms with Gasteiger partial charge < -0.3 is 28.3 Å². The number of carbonyl (C=O) groups is 5. The lowest BCUT2D eigenvalue weighted by molar-refractivity contribution is -0.154. The van der Waals surface area contributed by atoms with Crippen molar-refractivity contribution in [2.45, 2.75) is 25.5 Å². The van der Waals surface area contributed by atoms with Crippen LogP contribution in [0.4, 0.5) is 4.79 Å². The molecule has 0 radical (unpaired) electrons. The van der Waals surface area contributed by atoms with Crippen LogP contribution in [0.2, 0.25) is 0 Å². The van der Waals surface area contributed by atoms with Crippen LogP contribution in [0.15, 0.2) is 164 Å². The van der Waals surface area contributed by atoms with Gasteiger partial charge in [-0.3, -0.25) is 9.59 Å². The minimum atomic E-state index is -3.15. The third-order valence-corrected chi connectivity index (χ3v) is 14.6. The number of β-lactam (4-membered cyclic amide) rings is 1. The van der Waals surface area contributed by atoms with Gasteiger partial charge in [-0.2, -0.15) is 0 Å². The van der Waals surface area contributed by atoms with Gasteiger partial charge in [-0.1, -0.05) is 135 Å². The number of esters is 2. The molecule has 12 heteroatoms. The first-order chi connectivity index (χ1) is 30.1. The summed E-state index contributed by atoms with van der Waals surface area (Å²) < 4.78 is 27.9. The van der Waals surface area contributed by atoms with Crippen molar-refractivity contribution >= 4 is 80.4 Å². The summed E-state index contributed by atoms with van der Waals surface area (Å²) in [6.07, 6.45) is 2.02. The van der Waals surface area contributed by atoms with E-state index < -0.39 is 54.7 Å². The molecule has 7 rings (SSSR count). The topological polar surface area (TPSA) is 139 Å². The van der Waals surface area contributed by atoms with Crippen LogP contribution in [0.5, 0.6) is 0 Å². The van der Waals surface area contributed by atoms with Gasteiger partial charge in [0.15, 0.2) is 5.78 Å². The SMILES string of the molecule is C=CCOC(=O)O[C@H](C)[C@H]1C(=O)N(C=P(c2ccccc2)(c2ccccc2)c2ccccc2C(=O)OCC=C)[C@@H]1CC(=O)c1cc(C(=O)OCC=C)c2c(c1)oc1ccccc12. The molecule has 62 heavy (non-hydrogen) atoms. The Kier molecular flexibility index (Phi) is 13.1. The molecule has 0 aliphatic carbocycles. The number of hydrogen-bond donors (Lipinski definition) is 0. The van der Waals surface area contributed by atoms with Crippen LogP contribution >= 0.6 is 6.89 Å². The number of rotatable bonds is 17. The largest absolute Gasteiger partial charge is 0.508 e. The van der Waals surface area contributed by atoms with Crippen LogP contribution in [0.25, 0.3) is 21.9 Å². The van der Waals surface area contributed by atoms with Gasteiger partial charge in [0, 0.05) is 28.7 Å². The highest BCUT2D eigenvalue weighted by Gasteiger charge is 2.52. The smallest absolute Gasteiger partial charge is 0.458 e. The van der Waals surface area contributed by atoms with Crippen molar-refractivity contribution < 1.29 is 47.3 Å². The molecule has 3 atom stereocenters. The predicted molar refractivity (Wildman–Crippen MR) is 241 cm³/mol. The lowest BCUT2D eigenvalue weighted by Crippen LogP contribution is -2.65. The van der Waals surface area contributed by atoms with Crippen molar-refractivity contribution in [1.82, 2.24) is 4.90 Å². The molecule has 2 heterocycles. The highest BCUT2D eigenvalue weighted by molar-refractivity contribution is 7.94. The molecule has 314 valence electrons. The predicted octanol–water partition coefficient (Wildman–Crippen LogP) is 8.15. The van der Waals surface area contributed by atoms with Crippen molar-refractivity contribution in [3.63, 3.8) is 0 Å². The molecule has 1 saturated heterocycles. The van der Waals surface area contributed by atoms with Crippen LogP contribution in [0.3, 0.4) is 0 Å². The molecule has 1 fully saturated rings. The van der Waals surface area contributed by atoms with E-state index in [0.29, 0.717) is 32.8 Å². The quantitative estimate of drug-likeness (QED) is 0.0221. The van der Waals surface area contributed by atoms with Crippen molar-refractivity contribution in [3.8, 4) is 0 Å². The molecule has 0 N–H and O–H groups in total. The Balaban J connectivity index is 1.41. The lowest BCUT2D eigenvalue weighted by Gasteiger charge is -2.48. The van der Waals surface area contributed by atoms with Crippen molar-refractivity contribution in [2.24, 2.45) is 5.92 Å². The number of fused-ring (bicyclic) bond motifs is 3. The van der Waals surface area contributed by atoms with E-state index in [4.69, 9.17) is 23.4 Å². The molecule has 6 aromatic rings. The van der Waals surface area contributed by atoms with Gasteiger partial charge in [0.2, 0.25) is 5.91 Å². The summed E-state index contributed by atoms with van der Waals surface area (Å²) in [5, 5.41) is 3.40. The highest BCUT2D eigenvalue weighted by Crippen LogP contribution is 2.48. The first-order valence-corrected chi connectivity index (χ1v) is 21.7. The van der Waals surface area contributed by atoms with E-state index in [1.807, 2.05) is 90.8 Å². The molecule has 1 aliphatic rings. The van der Waals surface area contributed by atoms with E-state index in [-0.39, 0.29) is 37.4 Å². The molecule has 1 aliphatic heterocycles. The molecule has 0 bridgehead atoms. The van der Waals surface area contributed by atoms with Gasteiger partial charge in [-0.15, -0.1) is 0 Å². The Hall–Kier alpha value is -7.23. The van der Waals surface area contributed by atoms with E-state index in [1.54, 1.807) is 37.3 Å². The van der Waals surface area contributed by atoms with Gasteiger partial charge in [-0.25, -0.2) is 14.4 Å². The Morgan fingerprint density at radius 2 is 1.27 bits per heavy atom. The van der Waals surface area contributed by atoms with Gasteiger partial charge in [0.05, 0.1) is 23.1 Å². The number of ether oxygens (including phenoxy) is 4. The molecule has 1 amide bonds. The fourth-order valence-electron chi connectivity index (χ4n) is 7.86. The van der Waals surface area contributed by atoms with Crippen LogP contribution in [-0.4, -0.2) is 72.6 Å². The summed E-state index contributed by atoms with van der Waals surface area (Å²) in [5.41, 5.74) is 1.37. The summed E-state index contributed by atoms with van der Waals surface area (Å²) in [7, 11) is 0. The van der Waals surface area contributed by atoms with Crippen molar-refractivity contribution in [1.29, 1.82) is 0 Å². The van der Waals surface area contributed by atoms with Crippen LogP contribution in [-0.2, 0) is 23.7 Å². The third kappa shape index (κ3) is 8.40. The molecule has 0 spiro atoms. The second kappa shape index (κ2) is 19.0. The third-order valence-electron chi connectivity index (χ3n) is 10.6. The van der Waals surface area contributed by atoms with Gasteiger partial charge in [0.1, 0.15) is 37.1 Å². The summed E-state index contributed by atoms with van der Waals surface area (Å²) >= 11 is 0. The zero-order valence-electron chi connectivity index (χ0n) is 34.0. The Bertz CT molecular complexity index is 2710. The van der Waals surface area contributed by atoms with Gasteiger partial charge in [0.25, 0.3) is 0 Å². The fraction of sp³-hybridized carbons (Fsp3) is 0.160. The molecular formula is C50H44NO10P. The number of ketones is 1. The molecule has 11 nitrogen and oxygen atoms in total. The number of hydrogen-bond acceptors (Lipinski definition) is 10. The maximum atomic E-state index is 14.7. The lowest BCUT2D eigenvalue weighted by atomic mass is 9.80. The van der Waals surface area contributed by atoms with Crippen LogP contribution < -0.4 is 15.9 Å². The summed E-state index contributed by atoms with van der Waals surface area (Å²) in [6, 6.07) is 35.6. The second-order valence-corrected chi connectivity index (χ2v) is 17.6. The first kappa shape index (κ1) is 42.9. The average molecular weight is 850 g/mol. The van der Waals surface area contributed by atoms with Crippen molar-refractivity contribution in [3.05, 3.63) is 176 Å². The second-order valence-electron chi connectivity index (χ2n) is 14.4. The Labute approximate surface area is 358 Å². The number of nitrogens with zero attached hydrogens (tertiary/aromatic N) is 1. The standard InChI is InChI=1S/C50H44NO10P/c1-5-26-57-48(54)38-23-15-17-25-44(38)62(35-18-10-8-11-19-35,36-20-12-9-13-21-36)32-51-40(45(47(51)53)33(4)60-50(56)59-28-7-3)31-41(52)34-29-39(49(55)58-27-6-2)46-37-22-14-16-24-42(37)61-43(46)30-34/h5-25,29-30,32-33,40,45H,1-3,26-28,31H2,4H3/t33-,40-,45-/m1/s1. The number of carbonyl (C=O) groups excluding carboxylic acids is 5. The summed E-state index contributed by atoms with van der Waals surface area (Å²) in [5.74, 6) is -1.25. The van der Waals surface area contributed by atoms with Crippen molar-refractivity contribution in [2.75, 3.05) is 19.8 Å². The molecular weight excluding hydrogens is 806 g/mol. The highest BCUT2D eigenvalue weighted by atomic mass is 31.2. The maximum absolute atomic E-state index is 14.7. The van der Waals surface area contributed by atoms with E-state index in [0.717, 1.165) is 10.6 Å². The average Bonchev–Trinajstić information content (AvgIpc) is 3.68. The van der Waals surface area contributed by atoms with Crippen LogP contribution in [0.1, 0.15) is 44.4 Å². The number of likely N-dealkylation sites (tertiary alicyclic amines) is 1. The Morgan fingerprint density at radius 1 is 0.710 bits per heavy atom. The summed E-state index contributed by atoms with van der Waals surface area (Å²) in [4.78, 5) is 71.1. The fourth-order valence-corrected chi connectivity index (χ4v) is 11.9. The molecule has 0 saturated carbocycles. The van der Waals surface area contributed by atoms with Gasteiger partial charge in [-0.05, 0) is 54.0 Å². The number of Topliss-reactive ketones (excluding diaryl/α,β-unsaturated/α-hetero) is 1. The molecule has 1 aromatic heterocycles. The van der Waals surface area contributed by atoms with E-state index in [9.17, 15) is 24.0 Å². The number of benzene rings is 5. The maximum Gasteiger partial charge on any atom is 0.508 e. The minimum Gasteiger partial charge on any atom is -0.458 e. The molecule has 0 unspecified atom stereocenters. The number of furan rings is 1. The van der Waals surface area contributed by atoms with E-state index in [2.05, 4.69) is 19.7 Å². The normalized spacial score (nSPS) is 15.2. The number of para-hydroxylation sites is 1. The van der Waals surface area contributed by atoms with E-state index >= 15 is 0 Å².